The maximum atomic E-state index is 12.8. The van der Waals surface area contributed by atoms with E-state index in [2.05, 4.69) is 135 Å². The molecule has 350 valence electrons. The number of aliphatic hydroxyl groups is 4. The fourth-order valence-corrected chi connectivity index (χ4v) is 5.71. The van der Waals surface area contributed by atoms with E-state index < -0.39 is 55.4 Å². The Morgan fingerprint density at radius 3 is 1.19 bits per heavy atom. The zero-order chi connectivity index (χ0) is 45.9. The van der Waals surface area contributed by atoms with Gasteiger partial charge >= 0.3 is 11.9 Å². The number of carbonyl (C=O) groups excluding carboxylic acids is 2. The second kappa shape index (κ2) is 41.6. The van der Waals surface area contributed by atoms with Crippen LogP contribution in [0.2, 0.25) is 0 Å². The number of rotatable bonds is 35. The van der Waals surface area contributed by atoms with Gasteiger partial charge < -0.3 is 39.4 Å². The lowest BCUT2D eigenvalue weighted by molar-refractivity contribution is -0.305. The summed E-state index contributed by atoms with van der Waals surface area (Å²) in [5, 5.41) is 40.1. The summed E-state index contributed by atoms with van der Waals surface area (Å²) >= 11 is 0. The van der Waals surface area contributed by atoms with E-state index in [1.54, 1.807) is 0 Å². The molecule has 0 bridgehead atoms. The lowest BCUT2D eigenvalue weighted by Gasteiger charge is -2.39. The van der Waals surface area contributed by atoms with Crippen LogP contribution in [0.15, 0.2) is 146 Å². The molecule has 0 aromatic heterocycles. The molecule has 1 heterocycles. The molecule has 1 aliphatic rings. The molecule has 0 spiro atoms. The van der Waals surface area contributed by atoms with E-state index >= 15 is 0 Å². The van der Waals surface area contributed by atoms with Gasteiger partial charge in [-0.15, -0.1) is 0 Å². The summed E-state index contributed by atoms with van der Waals surface area (Å²) in [6.07, 6.45) is 54.5. The van der Waals surface area contributed by atoms with Gasteiger partial charge in [-0.05, 0) is 89.9 Å². The zero-order valence-electron chi connectivity index (χ0n) is 38.0. The minimum absolute atomic E-state index is 0.0787. The van der Waals surface area contributed by atoms with Crippen molar-refractivity contribution in [2.45, 2.75) is 153 Å². The van der Waals surface area contributed by atoms with Gasteiger partial charge in [0.05, 0.1) is 13.2 Å². The largest absolute Gasteiger partial charge is 0.462 e. The molecule has 1 rings (SSSR count). The molecule has 6 unspecified atom stereocenters. The van der Waals surface area contributed by atoms with E-state index in [9.17, 15) is 30.0 Å². The zero-order valence-corrected chi connectivity index (χ0v) is 38.0. The second-order valence-electron chi connectivity index (χ2n) is 14.7. The first-order valence-electron chi connectivity index (χ1n) is 22.9. The SMILES string of the molecule is CC/C=C\C/C=C\C/C=C\C/C=C\C/C=C\C/C=C\CCC(=O)OCC(COC1OC(CO)C(O)C(O)C1O)OC(=O)CC/C=C\C/C=C\C/C=C\C/C=C\C/C=C\C/C=C\CC. The van der Waals surface area contributed by atoms with Crippen LogP contribution < -0.4 is 0 Å². The predicted octanol–water partition coefficient (Wildman–Crippen LogP) is 10.2. The van der Waals surface area contributed by atoms with Gasteiger partial charge in [0.2, 0.25) is 0 Å². The quantitative estimate of drug-likeness (QED) is 0.0358. The molecule has 0 radical (unpaired) electrons. The molecule has 0 aliphatic carbocycles. The molecule has 1 fully saturated rings. The van der Waals surface area contributed by atoms with Gasteiger partial charge in [-0.25, -0.2) is 0 Å². The topological polar surface area (TPSA) is 152 Å². The van der Waals surface area contributed by atoms with Crippen LogP contribution >= 0.6 is 0 Å². The van der Waals surface area contributed by atoms with E-state index in [-0.39, 0.29) is 26.1 Å². The average Bonchev–Trinajstić information content (AvgIpc) is 3.28. The number of hydrogen-bond acceptors (Lipinski definition) is 10. The van der Waals surface area contributed by atoms with Gasteiger partial charge in [0, 0.05) is 12.8 Å². The molecular formula is C53H78O10. The lowest BCUT2D eigenvalue weighted by atomic mass is 9.99. The van der Waals surface area contributed by atoms with Crippen molar-refractivity contribution in [1.29, 1.82) is 0 Å². The van der Waals surface area contributed by atoms with Gasteiger partial charge in [0.15, 0.2) is 12.4 Å². The lowest BCUT2D eigenvalue weighted by Crippen LogP contribution is -2.59. The summed E-state index contributed by atoms with van der Waals surface area (Å²) in [4.78, 5) is 25.3. The Kier molecular flexibility index (Phi) is 37.4. The minimum atomic E-state index is -1.63. The number of allylic oxidation sites excluding steroid dienone is 24. The fraction of sp³-hybridized carbons (Fsp3) is 0.509. The highest BCUT2D eigenvalue weighted by molar-refractivity contribution is 5.70. The van der Waals surface area contributed by atoms with Crippen LogP contribution in [0, 0.1) is 0 Å². The van der Waals surface area contributed by atoms with Crippen LogP contribution in [0.4, 0.5) is 0 Å². The van der Waals surface area contributed by atoms with Crippen LogP contribution in [0.25, 0.3) is 0 Å². The Labute approximate surface area is 378 Å². The van der Waals surface area contributed by atoms with Gasteiger partial charge in [-0.2, -0.15) is 0 Å². The highest BCUT2D eigenvalue weighted by Crippen LogP contribution is 2.22. The molecule has 0 amide bonds. The van der Waals surface area contributed by atoms with Gasteiger partial charge in [-0.3, -0.25) is 9.59 Å². The van der Waals surface area contributed by atoms with Crippen molar-refractivity contribution in [2.24, 2.45) is 0 Å². The van der Waals surface area contributed by atoms with E-state index in [1.807, 2.05) is 24.3 Å². The normalized spacial score (nSPS) is 20.9. The minimum Gasteiger partial charge on any atom is -0.462 e. The molecule has 0 aromatic carbocycles. The summed E-state index contributed by atoms with van der Waals surface area (Å²) in [6.45, 7) is 3.01. The molecule has 0 saturated carbocycles. The third-order valence-electron chi connectivity index (χ3n) is 9.25. The highest BCUT2D eigenvalue weighted by Gasteiger charge is 2.44. The van der Waals surface area contributed by atoms with Crippen LogP contribution in [-0.4, -0.2) is 89.0 Å². The van der Waals surface area contributed by atoms with Gasteiger partial charge in [0.1, 0.15) is 31.0 Å². The first-order chi connectivity index (χ1) is 30.8. The van der Waals surface area contributed by atoms with Crippen LogP contribution in [0.5, 0.6) is 0 Å². The average molecular weight is 875 g/mol. The molecule has 1 saturated heterocycles. The van der Waals surface area contributed by atoms with Crippen molar-refractivity contribution in [1.82, 2.24) is 0 Å². The molecule has 63 heavy (non-hydrogen) atoms. The van der Waals surface area contributed by atoms with Crippen LogP contribution in [0.1, 0.15) is 117 Å². The molecule has 6 atom stereocenters. The summed E-state index contributed by atoms with van der Waals surface area (Å²) in [6, 6.07) is 0. The van der Waals surface area contributed by atoms with Crippen molar-refractivity contribution < 1.29 is 49.0 Å². The smallest absolute Gasteiger partial charge is 0.306 e. The van der Waals surface area contributed by atoms with E-state index in [0.29, 0.717) is 12.8 Å². The first kappa shape index (κ1) is 56.6. The molecule has 10 nitrogen and oxygen atoms in total. The maximum Gasteiger partial charge on any atom is 0.306 e. The molecular weight excluding hydrogens is 797 g/mol. The monoisotopic (exact) mass is 875 g/mol. The van der Waals surface area contributed by atoms with Crippen LogP contribution in [-0.2, 0) is 28.5 Å². The number of esters is 2. The Morgan fingerprint density at radius 2 is 0.825 bits per heavy atom. The van der Waals surface area contributed by atoms with Crippen LogP contribution in [0.3, 0.4) is 0 Å². The molecule has 0 aromatic rings. The van der Waals surface area contributed by atoms with Crippen molar-refractivity contribution in [3.8, 4) is 0 Å². The Morgan fingerprint density at radius 1 is 0.476 bits per heavy atom. The molecule has 10 heteroatoms. The van der Waals surface area contributed by atoms with E-state index in [0.717, 1.165) is 77.0 Å². The molecule has 1 aliphatic heterocycles. The van der Waals surface area contributed by atoms with Crippen molar-refractivity contribution in [3.05, 3.63) is 146 Å². The number of aliphatic hydroxyl groups excluding tert-OH is 4. The van der Waals surface area contributed by atoms with E-state index in [1.165, 1.54) is 0 Å². The Bertz CT molecular complexity index is 1520. The first-order valence-corrected chi connectivity index (χ1v) is 22.9. The Hall–Kier alpha value is -4.42. The third-order valence-corrected chi connectivity index (χ3v) is 9.25. The number of hydrogen-bond donors (Lipinski definition) is 4. The maximum absolute atomic E-state index is 12.8. The van der Waals surface area contributed by atoms with Crippen molar-refractivity contribution in [2.75, 3.05) is 19.8 Å². The summed E-state index contributed by atoms with van der Waals surface area (Å²) in [5.41, 5.74) is 0. The summed E-state index contributed by atoms with van der Waals surface area (Å²) < 4.78 is 22.0. The summed E-state index contributed by atoms with van der Waals surface area (Å²) in [7, 11) is 0. The van der Waals surface area contributed by atoms with Gasteiger partial charge in [-0.1, -0.05) is 160 Å². The fourth-order valence-electron chi connectivity index (χ4n) is 5.71. The standard InChI is InChI=1S/C53H78O10/c1-3-5-7-9-11-13-15-17-19-21-23-25-27-29-31-33-35-37-39-41-48(55)60-44-46(45-61-53-52(59)51(58)50(57)47(43-54)63-53)62-49(56)42-40-38-36-34-32-30-28-26-24-22-20-18-16-14-12-10-8-6-4-2/h5-8,11-14,17-20,23-26,29-32,35-38,46-47,50-54,57-59H,3-4,9-10,15-16,21-22,27-28,33-34,39-45H2,1-2H3/b7-5-,8-6-,13-11-,14-12-,19-17-,20-18-,25-23-,26-24-,31-29-,32-30-,37-35-,38-36-. The number of ether oxygens (including phenoxy) is 4. The van der Waals surface area contributed by atoms with E-state index in [4.69, 9.17) is 18.9 Å². The summed E-state index contributed by atoms with van der Waals surface area (Å²) in [5.74, 6) is -1.02. The van der Waals surface area contributed by atoms with Crippen molar-refractivity contribution in [3.63, 3.8) is 0 Å². The molecule has 4 N–H and O–H groups in total. The Balaban J connectivity index is 2.45. The predicted molar refractivity (Wildman–Crippen MR) is 255 cm³/mol. The second-order valence-corrected chi connectivity index (χ2v) is 14.7. The van der Waals surface area contributed by atoms with Gasteiger partial charge in [0.25, 0.3) is 0 Å². The van der Waals surface area contributed by atoms with Crippen molar-refractivity contribution >= 4 is 11.9 Å². The number of carbonyl (C=O) groups is 2. The highest BCUT2D eigenvalue weighted by atomic mass is 16.7. The third kappa shape index (κ3) is 32.9.